The second kappa shape index (κ2) is 8.39. The third-order valence-electron chi connectivity index (χ3n) is 10.2. The van der Waals surface area contributed by atoms with E-state index in [2.05, 4.69) is 59.4 Å². The lowest BCUT2D eigenvalue weighted by molar-refractivity contribution is -0.138. The summed E-state index contributed by atoms with van der Waals surface area (Å²) in [7, 11) is 0. The molecule has 4 aliphatic rings. The lowest BCUT2D eigenvalue weighted by atomic mass is 9.49. The third kappa shape index (κ3) is 3.65. The number of carboxylic acids is 1. The molecule has 6 atom stereocenters. The summed E-state index contributed by atoms with van der Waals surface area (Å²) in [4.78, 5) is 23.4. The first-order valence-corrected chi connectivity index (χ1v) is 12.7. The van der Waals surface area contributed by atoms with E-state index in [-0.39, 0.29) is 40.5 Å². The van der Waals surface area contributed by atoms with Gasteiger partial charge in [-0.25, -0.2) is 4.79 Å². The molecule has 1 heterocycles. The molecule has 184 valence electrons. The van der Waals surface area contributed by atoms with E-state index in [0.29, 0.717) is 23.7 Å². The van der Waals surface area contributed by atoms with E-state index in [1.807, 2.05) is 6.08 Å². The van der Waals surface area contributed by atoms with Gasteiger partial charge in [0, 0.05) is 17.9 Å². The van der Waals surface area contributed by atoms with E-state index in [4.69, 9.17) is 4.74 Å². The third-order valence-corrected chi connectivity index (χ3v) is 10.2. The minimum Gasteiger partial charge on any atom is -0.481 e. The number of esters is 1. The number of aliphatic carboxylic acids is 1. The van der Waals surface area contributed by atoms with Crippen molar-refractivity contribution in [2.75, 3.05) is 0 Å². The maximum Gasteiger partial charge on any atom is 0.339 e. The van der Waals surface area contributed by atoms with E-state index in [1.165, 1.54) is 5.57 Å². The number of hydrogen-bond acceptors (Lipinski definition) is 3. The molecule has 1 saturated carbocycles. The number of carbonyl (C=O) groups excluding carboxylic acids is 1. The second-order valence-corrected chi connectivity index (χ2v) is 11.9. The standard InChI is InChI=1S/C30H40O4/c1-18(2)23-9-8-22-24(28(23,5)13-12-26(31)32)10-15-30(7)25(22)11-14-29(30,6)20(4)17-21-16-19(3)27(33)34-21/h8-9,16-17,20,23-24H,1,10-15H2,2-7H3,(H,31,32)/b21-17-/t20-,23+,24+,28+,29+,30-/m1/s1. The summed E-state index contributed by atoms with van der Waals surface area (Å²) in [5, 5.41) is 9.46. The van der Waals surface area contributed by atoms with Crippen LogP contribution in [-0.2, 0) is 14.3 Å². The van der Waals surface area contributed by atoms with Crippen LogP contribution in [0, 0.1) is 34.0 Å². The predicted octanol–water partition coefficient (Wildman–Crippen LogP) is 7.16. The Hall–Kier alpha value is -2.36. The highest BCUT2D eigenvalue weighted by Crippen LogP contribution is 2.68. The molecule has 4 rings (SSSR count). The van der Waals surface area contributed by atoms with E-state index in [0.717, 1.165) is 31.3 Å². The molecule has 3 aliphatic carbocycles. The van der Waals surface area contributed by atoms with Crippen LogP contribution in [0.4, 0.5) is 0 Å². The van der Waals surface area contributed by atoms with Gasteiger partial charge >= 0.3 is 11.9 Å². The fraction of sp³-hybridized carbons (Fsp3) is 0.600. The molecule has 0 amide bonds. The van der Waals surface area contributed by atoms with Gasteiger partial charge in [0.15, 0.2) is 0 Å². The van der Waals surface area contributed by atoms with Crippen LogP contribution in [-0.4, -0.2) is 17.0 Å². The number of carbonyl (C=O) groups is 2. The summed E-state index contributed by atoms with van der Waals surface area (Å²) in [6.45, 7) is 17.5. The highest BCUT2D eigenvalue weighted by Gasteiger charge is 2.58. The number of carboxylic acid groups (broad SMARTS) is 1. The van der Waals surface area contributed by atoms with Crippen molar-refractivity contribution in [1.29, 1.82) is 0 Å². The van der Waals surface area contributed by atoms with Gasteiger partial charge in [0.1, 0.15) is 5.76 Å². The molecule has 1 N–H and O–H groups in total. The average Bonchev–Trinajstić information content (AvgIpc) is 3.22. The van der Waals surface area contributed by atoms with Gasteiger partial charge in [-0.05, 0) is 91.8 Å². The van der Waals surface area contributed by atoms with E-state index < -0.39 is 5.97 Å². The normalized spacial score (nSPS) is 38.9. The van der Waals surface area contributed by atoms with Crippen molar-refractivity contribution in [3.8, 4) is 0 Å². The van der Waals surface area contributed by atoms with Gasteiger partial charge < -0.3 is 9.84 Å². The van der Waals surface area contributed by atoms with Crippen LogP contribution in [0.15, 0.2) is 58.9 Å². The second-order valence-electron chi connectivity index (χ2n) is 11.9. The minimum absolute atomic E-state index is 0.0561. The summed E-state index contributed by atoms with van der Waals surface area (Å²) in [5.74, 6) is 0.528. The van der Waals surface area contributed by atoms with Crippen molar-refractivity contribution in [2.45, 2.75) is 80.1 Å². The molecule has 0 aromatic heterocycles. The molecule has 0 aromatic rings. The fourth-order valence-corrected chi connectivity index (χ4v) is 7.68. The largest absolute Gasteiger partial charge is 0.481 e. The number of rotatable bonds is 6. The summed E-state index contributed by atoms with van der Waals surface area (Å²) < 4.78 is 5.46. The minimum atomic E-state index is -0.724. The molecule has 0 bridgehead atoms. The Morgan fingerprint density at radius 3 is 2.62 bits per heavy atom. The zero-order chi connectivity index (χ0) is 25.1. The van der Waals surface area contributed by atoms with Crippen LogP contribution < -0.4 is 0 Å². The van der Waals surface area contributed by atoms with Gasteiger partial charge in [0.25, 0.3) is 0 Å². The van der Waals surface area contributed by atoms with Crippen LogP contribution in [0.2, 0.25) is 0 Å². The number of hydrogen-bond donors (Lipinski definition) is 1. The summed E-state index contributed by atoms with van der Waals surface area (Å²) in [6.07, 6.45) is 13.8. The topological polar surface area (TPSA) is 63.6 Å². The van der Waals surface area contributed by atoms with Crippen molar-refractivity contribution in [1.82, 2.24) is 0 Å². The Kier molecular flexibility index (Phi) is 6.11. The number of ether oxygens (including phenoxy) is 1. The first-order chi connectivity index (χ1) is 15.8. The van der Waals surface area contributed by atoms with Gasteiger partial charge in [0.2, 0.25) is 0 Å². The Morgan fingerprint density at radius 1 is 1.32 bits per heavy atom. The zero-order valence-electron chi connectivity index (χ0n) is 21.7. The van der Waals surface area contributed by atoms with Gasteiger partial charge in [-0.2, -0.15) is 0 Å². The lowest BCUT2D eigenvalue weighted by Crippen LogP contribution is -2.46. The van der Waals surface area contributed by atoms with Gasteiger partial charge in [-0.15, -0.1) is 0 Å². The van der Waals surface area contributed by atoms with Crippen LogP contribution >= 0.6 is 0 Å². The highest BCUT2D eigenvalue weighted by atomic mass is 16.5. The fourth-order valence-electron chi connectivity index (χ4n) is 7.68. The maximum atomic E-state index is 11.9. The van der Waals surface area contributed by atoms with Gasteiger partial charge in [-0.3, -0.25) is 4.79 Å². The molecule has 1 fully saturated rings. The zero-order valence-corrected chi connectivity index (χ0v) is 21.7. The van der Waals surface area contributed by atoms with Gasteiger partial charge in [0.05, 0.1) is 0 Å². The van der Waals surface area contributed by atoms with Crippen molar-refractivity contribution in [3.63, 3.8) is 0 Å². The van der Waals surface area contributed by atoms with E-state index in [9.17, 15) is 14.7 Å². The first-order valence-electron chi connectivity index (χ1n) is 12.7. The molecule has 0 unspecified atom stereocenters. The Labute approximate surface area is 204 Å². The molecule has 4 nitrogen and oxygen atoms in total. The summed E-state index contributed by atoms with van der Waals surface area (Å²) >= 11 is 0. The molecule has 34 heavy (non-hydrogen) atoms. The number of cyclic esters (lactones) is 1. The average molecular weight is 465 g/mol. The van der Waals surface area contributed by atoms with Gasteiger partial charge in [-0.1, -0.05) is 57.6 Å². The van der Waals surface area contributed by atoms with Crippen LogP contribution in [0.25, 0.3) is 0 Å². The SMILES string of the molecule is C=C(C)[C@@H]1C=CC2=C3CC[C@@](C)([C@H](C)/C=C4/C=C(C)C(=O)O4)[C@]3(C)CC[C@@H]2[C@@]1(C)CCC(=O)O. The van der Waals surface area contributed by atoms with Crippen LogP contribution in [0.3, 0.4) is 0 Å². The van der Waals surface area contributed by atoms with Crippen molar-refractivity contribution >= 4 is 11.9 Å². The molecule has 0 saturated heterocycles. The Morgan fingerprint density at radius 2 is 2.03 bits per heavy atom. The highest BCUT2D eigenvalue weighted by molar-refractivity contribution is 5.92. The molecule has 0 radical (unpaired) electrons. The molecule has 0 aromatic carbocycles. The first kappa shape index (κ1) is 24.8. The number of allylic oxidation sites excluding steroid dienone is 7. The predicted molar refractivity (Wildman–Crippen MR) is 135 cm³/mol. The van der Waals surface area contributed by atoms with E-state index in [1.54, 1.807) is 12.5 Å². The van der Waals surface area contributed by atoms with Crippen molar-refractivity contribution in [3.05, 3.63) is 58.9 Å². The smallest absolute Gasteiger partial charge is 0.339 e. The number of fused-ring (bicyclic) bond motifs is 2. The van der Waals surface area contributed by atoms with Crippen LogP contribution in [0.5, 0.6) is 0 Å². The molecular formula is C30H40O4. The summed E-state index contributed by atoms with van der Waals surface area (Å²) in [5.41, 5.74) is 4.77. The monoisotopic (exact) mass is 464 g/mol. The Balaban J connectivity index is 1.72. The molecule has 0 spiro atoms. The van der Waals surface area contributed by atoms with E-state index >= 15 is 0 Å². The molecular weight excluding hydrogens is 424 g/mol. The van der Waals surface area contributed by atoms with Crippen molar-refractivity contribution < 1.29 is 19.4 Å². The Bertz CT molecular complexity index is 1060. The lowest BCUT2D eigenvalue weighted by Gasteiger charge is -2.54. The maximum absolute atomic E-state index is 11.9. The molecule has 4 heteroatoms. The molecule has 1 aliphatic heterocycles. The quantitative estimate of drug-likeness (QED) is 0.335. The van der Waals surface area contributed by atoms with Crippen LogP contribution in [0.1, 0.15) is 80.1 Å². The van der Waals surface area contributed by atoms with Crippen molar-refractivity contribution in [2.24, 2.45) is 34.0 Å². The summed E-state index contributed by atoms with van der Waals surface area (Å²) in [6, 6.07) is 0.